The second kappa shape index (κ2) is 11.8. The van der Waals surface area contributed by atoms with Gasteiger partial charge >= 0.3 is 0 Å². The summed E-state index contributed by atoms with van der Waals surface area (Å²) in [7, 11) is 0. The van der Waals surface area contributed by atoms with E-state index in [9.17, 15) is 33.6 Å². The SMILES string of the molecule is CC(C)(C)NC(=O)c1cc(N2C(=O)c3ccc(C(=O)NC(C)(C)C)cc3C2=O)cc(N2C(=O)c3ccc(C(=O)NC(C)(C)C)cc3C2=O)c1. The fourth-order valence-electron chi connectivity index (χ4n) is 5.46. The summed E-state index contributed by atoms with van der Waals surface area (Å²) in [5.41, 5.74) is -1.49. The molecule has 2 aliphatic rings. The number of fused-ring (bicyclic) bond motifs is 2. The van der Waals surface area contributed by atoms with Crippen LogP contribution in [0.1, 0.15) is 135 Å². The molecule has 0 atom stereocenters. The van der Waals surface area contributed by atoms with Crippen molar-refractivity contribution in [1.29, 1.82) is 0 Å². The lowest BCUT2D eigenvalue weighted by Crippen LogP contribution is -2.41. The number of imide groups is 2. The standard InChI is InChI=1S/C37H39N5O7/c1-35(2,3)38-28(43)19-10-12-24-26(16-19)33(48)41(31(24)46)22-14-21(30(45)40-37(7,8)9)15-23(18-22)42-32(47)25-13-11-20(17-27(25)34(42)49)29(44)39-36(4,5)6/h10-18H,1-9H3,(H,38,43)(H,39,44)(H,40,45). The van der Waals surface area contributed by atoms with Crippen LogP contribution in [-0.4, -0.2) is 58.0 Å². The summed E-state index contributed by atoms with van der Waals surface area (Å²) in [6, 6.07) is 12.3. The van der Waals surface area contributed by atoms with Crippen molar-refractivity contribution in [2.45, 2.75) is 78.9 Å². The predicted octanol–water partition coefficient (Wildman–Crippen LogP) is 4.87. The van der Waals surface area contributed by atoms with Gasteiger partial charge in [-0.1, -0.05) is 0 Å². The molecule has 0 unspecified atom stereocenters. The van der Waals surface area contributed by atoms with E-state index < -0.39 is 58.0 Å². The summed E-state index contributed by atoms with van der Waals surface area (Å²) in [5, 5.41) is 8.47. The van der Waals surface area contributed by atoms with Gasteiger partial charge in [0.15, 0.2) is 0 Å². The van der Waals surface area contributed by atoms with Crippen LogP contribution in [0.15, 0.2) is 54.6 Å². The minimum atomic E-state index is -0.749. The summed E-state index contributed by atoms with van der Waals surface area (Å²) in [4.78, 5) is 95.8. The lowest BCUT2D eigenvalue weighted by atomic mass is 10.0. The molecule has 0 bridgehead atoms. The Bertz CT molecular complexity index is 1870. The largest absolute Gasteiger partial charge is 0.347 e. The van der Waals surface area contributed by atoms with E-state index in [1.165, 1.54) is 54.6 Å². The number of amides is 7. The molecule has 2 heterocycles. The average Bonchev–Trinajstić information content (AvgIpc) is 3.37. The molecule has 49 heavy (non-hydrogen) atoms. The highest BCUT2D eigenvalue weighted by atomic mass is 16.2. The molecule has 7 amide bonds. The van der Waals surface area contributed by atoms with Crippen LogP contribution < -0.4 is 25.8 Å². The minimum Gasteiger partial charge on any atom is -0.347 e. The molecule has 0 spiro atoms. The Kier molecular flexibility index (Phi) is 8.35. The Labute approximate surface area is 284 Å². The third kappa shape index (κ3) is 6.99. The highest BCUT2D eigenvalue weighted by Crippen LogP contribution is 2.36. The van der Waals surface area contributed by atoms with Gasteiger partial charge in [-0.2, -0.15) is 0 Å². The number of hydrogen-bond acceptors (Lipinski definition) is 7. The minimum absolute atomic E-state index is 0.0144. The van der Waals surface area contributed by atoms with Crippen LogP contribution >= 0.6 is 0 Å². The molecule has 3 aromatic carbocycles. The zero-order valence-electron chi connectivity index (χ0n) is 28.9. The first-order chi connectivity index (χ1) is 22.5. The van der Waals surface area contributed by atoms with Crippen molar-refractivity contribution in [3.63, 3.8) is 0 Å². The number of carbonyl (C=O) groups is 7. The quantitative estimate of drug-likeness (QED) is 0.328. The Morgan fingerprint density at radius 2 is 0.735 bits per heavy atom. The van der Waals surface area contributed by atoms with Crippen molar-refractivity contribution in [3.8, 4) is 0 Å². The van der Waals surface area contributed by atoms with Crippen LogP contribution in [0.3, 0.4) is 0 Å². The number of nitrogens with zero attached hydrogens (tertiary/aromatic N) is 2. The number of nitrogens with one attached hydrogen (secondary N) is 3. The molecule has 0 aromatic heterocycles. The van der Waals surface area contributed by atoms with E-state index >= 15 is 0 Å². The molecule has 254 valence electrons. The third-order valence-corrected chi connectivity index (χ3v) is 7.44. The van der Waals surface area contributed by atoms with Crippen LogP contribution in [0.2, 0.25) is 0 Å². The van der Waals surface area contributed by atoms with E-state index in [0.717, 1.165) is 9.80 Å². The summed E-state index contributed by atoms with van der Waals surface area (Å²) in [6.45, 7) is 16.2. The summed E-state index contributed by atoms with van der Waals surface area (Å²) in [6.07, 6.45) is 0. The molecule has 12 nitrogen and oxygen atoms in total. The molecule has 0 radical (unpaired) electrons. The summed E-state index contributed by atoms with van der Waals surface area (Å²) >= 11 is 0. The first-order valence-corrected chi connectivity index (χ1v) is 15.7. The Hall–Kier alpha value is -5.65. The monoisotopic (exact) mass is 665 g/mol. The molecular formula is C37H39N5O7. The van der Waals surface area contributed by atoms with Crippen LogP contribution in [-0.2, 0) is 0 Å². The first-order valence-electron chi connectivity index (χ1n) is 15.7. The van der Waals surface area contributed by atoms with Gasteiger partial charge in [-0.15, -0.1) is 0 Å². The maximum atomic E-state index is 13.8. The fraction of sp³-hybridized carbons (Fsp3) is 0.324. The highest BCUT2D eigenvalue weighted by molar-refractivity contribution is 6.37. The van der Waals surface area contributed by atoms with Crippen LogP contribution in [0.4, 0.5) is 11.4 Å². The molecular weight excluding hydrogens is 626 g/mol. The molecule has 0 aliphatic carbocycles. The number of carbonyl (C=O) groups excluding carboxylic acids is 7. The summed E-state index contributed by atoms with van der Waals surface area (Å²) in [5.74, 6) is -4.35. The fourth-order valence-corrected chi connectivity index (χ4v) is 5.46. The smallest absolute Gasteiger partial charge is 0.266 e. The van der Waals surface area contributed by atoms with E-state index in [-0.39, 0.29) is 50.3 Å². The van der Waals surface area contributed by atoms with E-state index in [4.69, 9.17) is 0 Å². The highest BCUT2D eigenvalue weighted by Gasteiger charge is 2.41. The Morgan fingerprint density at radius 1 is 0.429 bits per heavy atom. The third-order valence-electron chi connectivity index (χ3n) is 7.44. The number of benzene rings is 3. The Morgan fingerprint density at radius 3 is 1.06 bits per heavy atom. The van der Waals surface area contributed by atoms with E-state index in [1.54, 1.807) is 20.8 Å². The van der Waals surface area contributed by atoms with Gasteiger partial charge in [0.1, 0.15) is 0 Å². The maximum absolute atomic E-state index is 13.8. The van der Waals surface area contributed by atoms with Crippen LogP contribution in [0.25, 0.3) is 0 Å². The van der Waals surface area contributed by atoms with Gasteiger partial charge in [0, 0.05) is 33.3 Å². The van der Waals surface area contributed by atoms with Crippen molar-refractivity contribution in [1.82, 2.24) is 16.0 Å². The van der Waals surface area contributed by atoms with Crippen molar-refractivity contribution in [3.05, 3.63) is 93.5 Å². The number of rotatable bonds is 5. The Balaban J connectivity index is 1.57. The number of anilines is 2. The zero-order valence-corrected chi connectivity index (χ0v) is 28.9. The van der Waals surface area contributed by atoms with Crippen LogP contribution in [0.5, 0.6) is 0 Å². The van der Waals surface area contributed by atoms with E-state index in [1.807, 2.05) is 41.5 Å². The molecule has 0 saturated carbocycles. The van der Waals surface area contributed by atoms with Gasteiger partial charge in [0.05, 0.1) is 33.6 Å². The predicted molar refractivity (Wildman–Crippen MR) is 183 cm³/mol. The van der Waals surface area contributed by atoms with Gasteiger partial charge in [0.25, 0.3) is 41.4 Å². The first kappa shape index (κ1) is 34.7. The van der Waals surface area contributed by atoms with Crippen molar-refractivity contribution in [2.75, 3.05) is 9.80 Å². The molecule has 0 saturated heterocycles. The molecule has 12 heteroatoms. The van der Waals surface area contributed by atoms with Gasteiger partial charge in [-0.05, 0) is 117 Å². The van der Waals surface area contributed by atoms with Gasteiger partial charge < -0.3 is 16.0 Å². The maximum Gasteiger partial charge on any atom is 0.266 e. The van der Waals surface area contributed by atoms with Gasteiger partial charge in [0.2, 0.25) is 0 Å². The van der Waals surface area contributed by atoms with Gasteiger partial charge in [-0.25, -0.2) is 9.80 Å². The van der Waals surface area contributed by atoms with E-state index in [0.29, 0.717) is 0 Å². The van der Waals surface area contributed by atoms with Crippen molar-refractivity contribution >= 4 is 52.7 Å². The molecule has 3 N–H and O–H groups in total. The normalized spacial score (nSPS) is 14.6. The molecule has 0 fully saturated rings. The van der Waals surface area contributed by atoms with Crippen molar-refractivity contribution < 1.29 is 33.6 Å². The molecule has 3 aromatic rings. The van der Waals surface area contributed by atoms with Crippen molar-refractivity contribution in [2.24, 2.45) is 0 Å². The molecule has 2 aliphatic heterocycles. The second-order valence-corrected chi connectivity index (χ2v) is 15.3. The lowest BCUT2D eigenvalue weighted by molar-refractivity contribution is 0.0905. The zero-order chi connectivity index (χ0) is 36.4. The lowest BCUT2D eigenvalue weighted by Gasteiger charge is -2.23. The summed E-state index contributed by atoms with van der Waals surface area (Å²) < 4.78 is 0. The number of hydrogen-bond donors (Lipinski definition) is 3. The van der Waals surface area contributed by atoms with Gasteiger partial charge in [-0.3, -0.25) is 33.6 Å². The topological polar surface area (TPSA) is 162 Å². The van der Waals surface area contributed by atoms with Crippen LogP contribution in [0, 0.1) is 0 Å². The second-order valence-electron chi connectivity index (χ2n) is 15.3. The van der Waals surface area contributed by atoms with E-state index in [2.05, 4.69) is 16.0 Å². The average molecular weight is 666 g/mol. The molecule has 5 rings (SSSR count).